The molecule has 0 aliphatic carbocycles. The molecule has 182 valence electrons. The minimum absolute atomic E-state index is 0.0691. The number of pyridine rings is 1. The number of hydrogen-bond acceptors (Lipinski definition) is 7. The number of rotatable bonds is 5. The number of nitrogens with zero attached hydrogens (tertiary/aromatic N) is 5. The number of nitrogens with one attached hydrogen (secondary N) is 1. The number of anilines is 3. The quantitative estimate of drug-likeness (QED) is 0.574. The molecular weight excluding hydrogens is 461 g/mol. The largest absolute Gasteiger partial charge is 0.456 e. The third-order valence-electron chi connectivity index (χ3n) is 6.18. The molecular formula is C24H23F3N6O2. The maximum Gasteiger partial charge on any atom is 0.433 e. The van der Waals surface area contributed by atoms with Crippen LogP contribution >= 0.6 is 0 Å². The molecule has 2 aromatic heterocycles. The van der Waals surface area contributed by atoms with Crippen LogP contribution in [0.5, 0.6) is 11.5 Å². The van der Waals surface area contributed by atoms with Gasteiger partial charge in [0.1, 0.15) is 28.9 Å². The van der Waals surface area contributed by atoms with Gasteiger partial charge < -0.3 is 19.9 Å². The lowest BCUT2D eigenvalue weighted by Crippen LogP contribution is -2.53. The summed E-state index contributed by atoms with van der Waals surface area (Å²) >= 11 is 0. The van der Waals surface area contributed by atoms with Gasteiger partial charge in [-0.2, -0.15) is 18.2 Å². The SMILES string of the molecule is CC1C(=O)N2CCCc3nc(NCc4ccc(Oc5ccc(C(F)(F)F)nc5)cc4)nc(c32)N1C. The van der Waals surface area contributed by atoms with Crippen LogP contribution in [0.3, 0.4) is 0 Å². The molecule has 11 heteroatoms. The molecule has 0 bridgehead atoms. The van der Waals surface area contributed by atoms with E-state index < -0.39 is 11.9 Å². The molecule has 0 spiro atoms. The number of carbonyl (C=O) groups is 1. The zero-order chi connectivity index (χ0) is 24.7. The molecule has 0 radical (unpaired) electrons. The number of halogens is 3. The lowest BCUT2D eigenvalue weighted by atomic mass is 10.0. The molecule has 8 nitrogen and oxygen atoms in total. The van der Waals surface area contributed by atoms with Crippen LogP contribution in [-0.4, -0.2) is 40.5 Å². The number of alkyl halides is 3. The topological polar surface area (TPSA) is 83.5 Å². The first-order valence-electron chi connectivity index (χ1n) is 11.2. The van der Waals surface area contributed by atoms with Crippen LogP contribution in [0.2, 0.25) is 0 Å². The Balaban J connectivity index is 1.26. The second-order valence-corrected chi connectivity index (χ2v) is 8.52. The maximum absolute atomic E-state index is 12.7. The lowest BCUT2D eigenvalue weighted by molar-refractivity contribution is -0.141. The number of likely N-dealkylation sites (N-methyl/N-ethyl adjacent to an activating group) is 1. The molecule has 0 saturated carbocycles. The molecule has 0 saturated heterocycles. The van der Waals surface area contributed by atoms with Gasteiger partial charge in [0.15, 0.2) is 5.82 Å². The van der Waals surface area contributed by atoms with Crippen LogP contribution < -0.4 is 19.9 Å². The van der Waals surface area contributed by atoms with Crippen LogP contribution in [0.25, 0.3) is 0 Å². The summed E-state index contributed by atoms with van der Waals surface area (Å²) in [6.45, 7) is 3.02. The summed E-state index contributed by atoms with van der Waals surface area (Å²) in [5, 5.41) is 3.25. The average molecular weight is 484 g/mol. The summed E-state index contributed by atoms with van der Waals surface area (Å²) in [4.78, 5) is 29.1. The van der Waals surface area contributed by atoms with Gasteiger partial charge in [-0.25, -0.2) is 9.97 Å². The first-order valence-corrected chi connectivity index (χ1v) is 11.2. The second kappa shape index (κ2) is 8.71. The fourth-order valence-corrected chi connectivity index (χ4v) is 4.18. The molecule has 5 rings (SSSR count). The first kappa shape index (κ1) is 22.9. The predicted octanol–water partition coefficient (Wildman–Crippen LogP) is 4.41. The van der Waals surface area contributed by atoms with Crippen molar-refractivity contribution in [3.05, 3.63) is 59.5 Å². The van der Waals surface area contributed by atoms with Crippen molar-refractivity contribution in [2.24, 2.45) is 0 Å². The van der Waals surface area contributed by atoms with Crippen LogP contribution in [0.1, 0.15) is 30.3 Å². The van der Waals surface area contributed by atoms with Crippen molar-refractivity contribution in [3.8, 4) is 11.5 Å². The number of aromatic nitrogens is 3. The van der Waals surface area contributed by atoms with E-state index in [0.717, 1.165) is 47.9 Å². The van der Waals surface area contributed by atoms with E-state index >= 15 is 0 Å². The fourth-order valence-electron chi connectivity index (χ4n) is 4.18. The van der Waals surface area contributed by atoms with Crippen LogP contribution in [0, 0.1) is 0 Å². The number of carbonyl (C=O) groups excluding carboxylic acids is 1. The van der Waals surface area contributed by atoms with Crippen molar-refractivity contribution in [2.75, 3.05) is 28.7 Å². The third-order valence-corrected chi connectivity index (χ3v) is 6.18. The van der Waals surface area contributed by atoms with Crippen molar-refractivity contribution in [1.29, 1.82) is 0 Å². The van der Waals surface area contributed by atoms with Gasteiger partial charge in [-0.15, -0.1) is 0 Å². The van der Waals surface area contributed by atoms with Crippen LogP contribution in [0.4, 0.5) is 30.6 Å². The van der Waals surface area contributed by atoms with Crippen LogP contribution in [-0.2, 0) is 23.9 Å². The molecule has 1 amide bonds. The van der Waals surface area contributed by atoms with Crippen LogP contribution in [0.15, 0.2) is 42.6 Å². The Morgan fingerprint density at radius 2 is 1.86 bits per heavy atom. The maximum atomic E-state index is 12.7. The predicted molar refractivity (Wildman–Crippen MR) is 124 cm³/mol. The van der Waals surface area contributed by atoms with Gasteiger partial charge in [0.25, 0.3) is 0 Å². The molecule has 4 heterocycles. The van der Waals surface area contributed by atoms with E-state index in [9.17, 15) is 18.0 Å². The summed E-state index contributed by atoms with van der Waals surface area (Å²) in [6, 6.07) is 8.97. The van der Waals surface area contributed by atoms with Gasteiger partial charge in [-0.3, -0.25) is 4.79 Å². The van der Waals surface area contributed by atoms with Crippen molar-refractivity contribution < 1.29 is 22.7 Å². The molecule has 0 fully saturated rings. The zero-order valence-corrected chi connectivity index (χ0v) is 19.1. The van der Waals surface area contributed by atoms with E-state index in [1.54, 1.807) is 17.0 Å². The first-order chi connectivity index (χ1) is 16.7. The number of ether oxygens (including phenoxy) is 1. The van der Waals surface area contributed by atoms with Crippen molar-refractivity contribution in [2.45, 2.75) is 38.5 Å². The Hall–Kier alpha value is -3.89. The van der Waals surface area contributed by atoms with Crippen molar-refractivity contribution in [3.63, 3.8) is 0 Å². The molecule has 3 aromatic rings. The van der Waals surface area contributed by atoms with Crippen molar-refractivity contribution in [1.82, 2.24) is 15.0 Å². The number of hydrogen-bond donors (Lipinski definition) is 1. The summed E-state index contributed by atoms with van der Waals surface area (Å²) in [6.07, 6.45) is -1.79. The average Bonchev–Trinajstić information content (AvgIpc) is 2.85. The van der Waals surface area contributed by atoms with E-state index in [0.29, 0.717) is 24.8 Å². The number of aryl methyl sites for hydroxylation is 1. The molecule has 1 aromatic carbocycles. The minimum Gasteiger partial charge on any atom is -0.456 e. The molecule has 2 aliphatic rings. The third kappa shape index (κ3) is 4.45. The standard InChI is InChI=1S/C24H23F3N6O2/c1-14-22(34)33-11-3-4-18-20(33)21(32(14)2)31-23(30-18)29-12-15-5-7-16(8-6-15)35-17-9-10-19(28-13-17)24(25,26)27/h5-10,13-14H,3-4,11-12H2,1-2H3,(H,29,30,31). The van der Waals surface area contributed by atoms with Gasteiger partial charge in [0.2, 0.25) is 11.9 Å². The highest BCUT2D eigenvalue weighted by Gasteiger charge is 2.38. The van der Waals surface area contributed by atoms with E-state index in [-0.39, 0.29) is 17.7 Å². The molecule has 35 heavy (non-hydrogen) atoms. The highest BCUT2D eigenvalue weighted by Crippen LogP contribution is 2.39. The molecule has 1 atom stereocenters. The molecule has 1 unspecified atom stereocenters. The van der Waals surface area contributed by atoms with Gasteiger partial charge in [-0.05, 0) is 49.6 Å². The fraction of sp³-hybridized carbons (Fsp3) is 0.333. The minimum atomic E-state index is -4.49. The van der Waals surface area contributed by atoms with E-state index in [4.69, 9.17) is 4.74 Å². The Morgan fingerprint density at radius 1 is 1.11 bits per heavy atom. The van der Waals surface area contributed by atoms with Gasteiger partial charge >= 0.3 is 6.18 Å². The van der Waals surface area contributed by atoms with Gasteiger partial charge in [0, 0.05) is 20.1 Å². The van der Waals surface area contributed by atoms with E-state index in [2.05, 4.69) is 20.3 Å². The second-order valence-electron chi connectivity index (χ2n) is 8.52. The summed E-state index contributed by atoms with van der Waals surface area (Å²) in [5.74, 6) is 2.00. The van der Waals surface area contributed by atoms with Crippen molar-refractivity contribution >= 4 is 23.4 Å². The zero-order valence-electron chi connectivity index (χ0n) is 19.1. The van der Waals surface area contributed by atoms with Gasteiger partial charge in [0.05, 0.1) is 11.9 Å². The summed E-state index contributed by atoms with van der Waals surface area (Å²) < 4.78 is 43.5. The number of amides is 1. The summed E-state index contributed by atoms with van der Waals surface area (Å²) in [5.41, 5.74) is 1.65. The monoisotopic (exact) mass is 484 g/mol. The molecule has 2 aliphatic heterocycles. The smallest absolute Gasteiger partial charge is 0.433 e. The van der Waals surface area contributed by atoms with E-state index in [1.807, 2.05) is 31.0 Å². The highest BCUT2D eigenvalue weighted by atomic mass is 19.4. The normalized spacial score (nSPS) is 17.3. The lowest BCUT2D eigenvalue weighted by Gasteiger charge is -2.41. The van der Waals surface area contributed by atoms with E-state index in [1.165, 1.54) is 6.07 Å². The Morgan fingerprint density at radius 3 is 2.54 bits per heavy atom. The summed E-state index contributed by atoms with van der Waals surface area (Å²) in [7, 11) is 1.87. The Labute approximate surface area is 199 Å². The number of benzene rings is 1. The highest BCUT2D eigenvalue weighted by molar-refractivity contribution is 6.05. The van der Waals surface area contributed by atoms with Gasteiger partial charge in [-0.1, -0.05) is 12.1 Å². The molecule has 1 N–H and O–H groups in total. The Kier molecular flexibility index (Phi) is 5.70. The Bertz CT molecular complexity index is 1250.